The van der Waals surface area contributed by atoms with Crippen LogP contribution in [0.4, 0.5) is 8.78 Å². The highest BCUT2D eigenvalue weighted by atomic mass is 19.2. The largest absolute Gasteiger partial charge is 0.203 e. The fourth-order valence-electron chi connectivity index (χ4n) is 4.13. The van der Waals surface area contributed by atoms with Crippen LogP contribution >= 0.6 is 0 Å². The molecule has 0 bridgehead atoms. The minimum Gasteiger partial charge on any atom is -0.203 e. The highest BCUT2D eigenvalue weighted by Crippen LogP contribution is 2.33. The maximum Gasteiger partial charge on any atom is 0.167 e. The quantitative estimate of drug-likeness (QED) is 0.277. The number of hydrogen-bond donors (Lipinski definition) is 0. The number of benzene rings is 4. The van der Waals surface area contributed by atoms with Crippen LogP contribution in [0, 0.1) is 11.6 Å². The Bertz CT molecular complexity index is 1170. The van der Waals surface area contributed by atoms with Crippen LogP contribution in [-0.4, -0.2) is 0 Å². The van der Waals surface area contributed by atoms with Gasteiger partial charge in [0.1, 0.15) is 0 Å². The Labute approximate surface area is 189 Å². The van der Waals surface area contributed by atoms with Crippen LogP contribution in [0.3, 0.4) is 0 Å². The van der Waals surface area contributed by atoms with Gasteiger partial charge in [0.15, 0.2) is 11.6 Å². The first-order valence-electron chi connectivity index (χ1n) is 11.4. The van der Waals surface area contributed by atoms with Crippen LogP contribution in [-0.2, 0) is 12.8 Å². The molecule has 4 rings (SSSR count). The van der Waals surface area contributed by atoms with Crippen LogP contribution < -0.4 is 0 Å². The smallest absolute Gasteiger partial charge is 0.167 e. The van der Waals surface area contributed by atoms with E-state index in [1.165, 1.54) is 11.1 Å². The highest BCUT2D eigenvalue weighted by molar-refractivity contribution is 5.74. The van der Waals surface area contributed by atoms with Crippen molar-refractivity contribution >= 4 is 0 Å². The lowest BCUT2D eigenvalue weighted by Crippen LogP contribution is -1.94. The first kappa shape index (κ1) is 22.0. The molecule has 0 atom stereocenters. The number of rotatable bonds is 7. The van der Waals surface area contributed by atoms with E-state index in [9.17, 15) is 8.78 Å². The molecule has 0 nitrogen and oxygen atoms in total. The third kappa shape index (κ3) is 4.65. The van der Waals surface area contributed by atoms with Gasteiger partial charge in [-0.1, -0.05) is 112 Å². The highest BCUT2D eigenvalue weighted by Gasteiger charge is 2.16. The van der Waals surface area contributed by atoms with Crippen molar-refractivity contribution in [3.8, 4) is 33.4 Å². The molecule has 0 fully saturated rings. The van der Waals surface area contributed by atoms with Gasteiger partial charge in [0.2, 0.25) is 0 Å². The van der Waals surface area contributed by atoms with Crippen LogP contribution in [0.5, 0.6) is 0 Å². The third-order valence-corrected chi connectivity index (χ3v) is 5.91. The molecule has 4 aromatic carbocycles. The van der Waals surface area contributed by atoms with E-state index in [4.69, 9.17) is 0 Å². The summed E-state index contributed by atoms with van der Waals surface area (Å²) in [5.41, 5.74) is 6.62. The Morgan fingerprint density at radius 2 is 0.750 bits per heavy atom. The molecule has 0 saturated heterocycles. The molecule has 162 valence electrons. The summed E-state index contributed by atoms with van der Waals surface area (Å²) in [6.45, 7) is 4.29. The second-order valence-electron chi connectivity index (χ2n) is 8.26. The maximum absolute atomic E-state index is 15.0. The zero-order valence-corrected chi connectivity index (χ0v) is 18.7. The van der Waals surface area contributed by atoms with Crippen LogP contribution in [0.15, 0.2) is 84.9 Å². The van der Waals surface area contributed by atoms with E-state index < -0.39 is 11.6 Å². The van der Waals surface area contributed by atoms with Gasteiger partial charge in [-0.3, -0.25) is 0 Å². The summed E-state index contributed by atoms with van der Waals surface area (Å²) in [7, 11) is 0. The predicted octanol–water partition coefficient (Wildman–Crippen LogP) is 8.87. The van der Waals surface area contributed by atoms with Crippen molar-refractivity contribution in [1.82, 2.24) is 0 Å². The molecule has 0 amide bonds. The van der Waals surface area contributed by atoms with Crippen molar-refractivity contribution in [3.05, 3.63) is 108 Å². The molecule has 0 aromatic heterocycles. The molecule has 0 aliphatic carbocycles. The number of halogens is 2. The van der Waals surface area contributed by atoms with Crippen LogP contribution in [0.1, 0.15) is 37.8 Å². The normalized spacial score (nSPS) is 11.0. The molecule has 0 saturated carbocycles. The van der Waals surface area contributed by atoms with Gasteiger partial charge >= 0.3 is 0 Å². The Balaban J connectivity index is 1.59. The molecule has 0 heterocycles. The molecule has 4 aromatic rings. The Morgan fingerprint density at radius 3 is 1.12 bits per heavy atom. The van der Waals surface area contributed by atoms with Crippen molar-refractivity contribution in [1.29, 1.82) is 0 Å². The average molecular weight is 427 g/mol. The molecule has 32 heavy (non-hydrogen) atoms. The topological polar surface area (TPSA) is 0 Å². The van der Waals surface area contributed by atoms with Crippen molar-refractivity contribution in [2.24, 2.45) is 0 Å². The van der Waals surface area contributed by atoms with Gasteiger partial charge < -0.3 is 0 Å². The van der Waals surface area contributed by atoms with Crippen molar-refractivity contribution < 1.29 is 8.78 Å². The third-order valence-electron chi connectivity index (χ3n) is 5.91. The molecule has 0 spiro atoms. The van der Waals surface area contributed by atoms with E-state index in [-0.39, 0.29) is 11.1 Å². The fourth-order valence-corrected chi connectivity index (χ4v) is 4.13. The number of aryl methyl sites for hydroxylation is 2. The van der Waals surface area contributed by atoms with Gasteiger partial charge in [0, 0.05) is 11.1 Å². The molecule has 2 heteroatoms. The summed E-state index contributed by atoms with van der Waals surface area (Å²) in [5, 5.41) is 0. The summed E-state index contributed by atoms with van der Waals surface area (Å²) < 4.78 is 30.0. The molecule has 0 unspecified atom stereocenters. The standard InChI is InChI=1S/C30H28F2/c1-3-5-21-7-11-23(12-8-21)24-15-17-26(18-16-24)28-20-19-27(29(31)30(28)32)25-13-9-22(6-4-2)10-14-25/h7-20H,3-6H2,1-2H3. The van der Waals surface area contributed by atoms with Gasteiger partial charge in [-0.2, -0.15) is 0 Å². The lowest BCUT2D eigenvalue weighted by Gasteiger charge is -2.11. The first-order valence-corrected chi connectivity index (χ1v) is 11.4. The summed E-state index contributed by atoms with van der Waals surface area (Å²) in [6, 6.07) is 27.2. The minimum atomic E-state index is -0.809. The van der Waals surface area contributed by atoms with E-state index in [0.29, 0.717) is 11.1 Å². The van der Waals surface area contributed by atoms with E-state index >= 15 is 0 Å². The summed E-state index contributed by atoms with van der Waals surface area (Å²) in [4.78, 5) is 0. The SMILES string of the molecule is CCCc1ccc(-c2ccc(-c3ccc(-c4ccc(CCC)cc4)c(F)c3F)cc2)cc1. The van der Waals surface area contributed by atoms with Crippen LogP contribution in [0.25, 0.3) is 33.4 Å². The first-order chi connectivity index (χ1) is 15.6. The summed E-state index contributed by atoms with van der Waals surface area (Å²) in [6.07, 6.45) is 4.23. The molecular formula is C30H28F2. The monoisotopic (exact) mass is 426 g/mol. The summed E-state index contributed by atoms with van der Waals surface area (Å²) in [5.74, 6) is -1.61. The van der Waals surface area contributed by atoms with Crippen molar-refractivity contribution in [2.45, 2.75) is 39.5 Å². The van der Waals surface area contributed by atoms with E-state index in [1.807, 2.05) is 48.5 Å². The minimum absolute atomic E-state index is 0.277. The van der Waals surface area contributed by atoms with Gasteiger partial charge in [0.25, 0.3) is 0 Å². The van der Waals surface area contributed by atoms with Crippen LogP contribution in [0.2, 0.25) is 0 Å². The average Bonchev–Trinajstić information content (AvgIpc) is 2.83. The molecule has 0 radical (unpaired) electrons. The predicted molar refractivity (Wildman–Crippen MR) is 131 cm³/mol. The molecular weight excluding hydrogens is 398 g/mol. The zero-order chi connectivity index (χ0) is 22.5. The lowest BCUT2D eigenvalue weighted by molar-refractivity contribution is 0.514. The Kier molecular flexibility index (Phi) is 6.80. The molecule has 0 N–H and O–H groups in total. The van der Waals surface area contributed by atoms with E-state index in [0.717, 1.165) is 36.8 Å². The van der Waals surface area contributed by atoms with E-state index in [2.05, 4.69) is 38.1 Å². The van der Waals surface area contributed by atoms with E-state index in [1.54, 1.807) is 12.1 Å². The lowest BCUT2D eigenvalue weighted by atomic mass is 9.96. The Morgan fingerprint density at radius 1 is 0.438 bits per heavy atom. The second kappa shape index (κ2) is 9.91. The molecule has 0 aliphatic rings. The molecule has 0 aliphatic heterocycles. The maximum atomic E-state index is 15.0. The number of hydrogen-bond acceptors (Lipinski definition) is 0. The van der Waals surface area contributed by atoms with Gasteiger partial charge in [0.05, 0.1) is 0 Å². The Hall–Kier alpha value is -3.26. The zero-order valence-electron chi connectivity index (χ0n) is 18.7. The fraction of sp³-hybridized carbons (Fsp3) is 0.200. The second-order valence-corrected chi connectivity index (χ2v) is 8.26. The van der Waals surface area contributed by atoms with Crippen molar-refractivity contribution in [2.75, 3.05) is 0 Å². The van der Waals surface area contributed by atoms with Gasteiger partial charge in [-0.15, -0.1) is 0 Å². The van der Waals surface area contributed by atoms with Gasteiger partial charge in [-0.05, 0) is 46.2 Å². The van der Waals surface area contributed by atoms with Crippen molar-refractivity contribution in [3.63, 3.8) is 0 Å². The van der Waals surface area contributed by atoms with Gasteiger partial charge in [-0.25, -0.2) is 8.78 Å². The summed E-state index contributed by atoms with van der Waals surface area (Å²) >= 11 is 0.